The van der Waals surface area contributed by atoms with Gasteiger partial charge in [0.15, 0.2) is 0 Å². The van der Waals surface area contributed by atoms with Crippen molar-refractivity contribution >= 4 is 5.91 Å². The average Bonchev–Trinajstić information content (AvgIpc) is 2.74. The van der Waals surface area contributed by atoms with Crippen LogP contribution >= 0.6 is 0 Å². The van der Waals surface area contributed by atoms with Crippen LogP contribution in [0.25, 0.3) is 0 Å². The molecule has 0 bridgehead atoms. The third-order valence-electron chi connectivity index (χ3n) is 3.32. The summed E-state index contributed by atoms with van der Waals surface area (Å²) in [4.78, 5) is 16.0. The van der Waals surface area contributed by atoms with Gasteiger partial charge in [-0.25, -0.2) is 4.98 Å². The number of nitrogens with two attached hydrogens (primary N) is 1. The summed E-state index contributed by atoms with van der Waals surface area (Å²) < 4.78 is 2.12. The highest BCUT2D eigenvalue weighted by Gasteiger charge is 2.26. The van der Waals surface area contributed by atoms with Crippen LogP contribution in [0.1, 0.15) is 45.4 Å². The Morgan fingerprint density at radius 1 is 1.53 bits per heavy atom. The zero-order chi connectivity index (χ0) is 14.3. The number of rotatable bonds is 8. The molecule has 108 valence electrons. The SMILES string of the molecule is CCCC(C)(N)C(=O)NCCCCn1ccnc1C. The molecule has 1 atom stereocenters. The minimum atomic E-state index is -0.740. The maximum Gasteiger partial charge on any atom is 0.239 e. The summed E-state index contributed by atoms with van der Waals surface area (Å²) in [6.45, 7) is 7.44. The number of nitrogens with one attached hydrogen (secondary N) is 1. The Balaban J connectivity index is 2.17. The van der Waals surface area contributed by atoms with Crippen LogP contribution < -0.4 is 11.1 Å². The van der Waals surface area contributed by atoms with Crippen LogP contribution in [0.4, 0.5) is 0 Å². The Kier molecular flexibility index (Phi) is 6.02. The van der Waals surface area contributed by atoms with Crippen LogP contribution in [0.3, 0.4) is 0 Å². The van der Waals surface area contributed by atoms with E-state index in [2.05, 4.69) is 14.9 Å². The number of aromatic nitrogens is 2. The summed E-state index contributed by atoms with van der Waals surface area (Å²) >= 11 is 0. The number of unbranched alkanes of at least 4 members (excludes halogenated alkanes) is 1. The lowest BCUT2D eigenvalue weighted by Crippen LogP contribution is -2.51. The Morgan fingerprint density at radius 2 is 2.26 bits per heavy atom. The monoisotopic (exact) mass is 266 g/mol. The summed E-state index contributed by atoms with van der Waals surface area (Å²) in [5, 5.41) is 2.91. The molecule has 1 rings (SSSR count). The van der Waals surface area contributed by atoms with Gasteiger partial charge >= 0.3 is 0 Å². The van der Waals surface area contributed by atoms with E-state index in [-0.39, 0.29) is 5.91 Å². The van der Waals surface area contributed by atoms with Gasteiger partial charge in [0.2, 0.25) is 5.91 Å². The van der Waals surface area contributed by atoms with Crippen LogP contribution in [0.15, 0.2) is 12.4 Å². The quantitative estimate of drug-likeness (QED) is 0.702. The Morgan fingerprint density at radius 3 is 2.84 bits per heavy atom. The molecule has 1 heterocycles. The lowest BCUT2D eigenvalue weighted by Gasteiger charge is -2.22. The van der Waals surface area contributed by atoms with E-state index in [1.165, 1.54) is 0 Å². The van der Waals surface area contributed by atoms with E-state index in [1.54, 1.807) is 6.92 Å². The first-order valence-corrected chi connectivity index (χ1v) is 7.02. The van der Waals surface area contributed by atoms with E-state index in [1.807, 2.05) is 26.2 Å². The van der Waals surface area contributed by atoms with Crippen molar-refractivity contribution in [2.24, 2.45) is 5.73 Å². The first-order valence-electron chi connectivity index (χ1n) is 7.02. The van der Waals surface area contributed by atoms with Crippen molar-refractivity contribution in [3.63, 3.8) is 0 Å². The number of carbonyl (C=O) groups is 1. The van der Waals surface area contributed by atoms with E-state index < -0.39 is 5.54 Å². The van der Waals surface area contributed by atoms with Gasteiger partial charge in [-0.15, -0.1) is 0 Å². The molecular formula is C14H26N4O. The third kappa shape index (κ3) is 5.03. The third-order valence-corrected chi connectivity index (χ3v) is 3.32. The molecule has 0 aliphatic carbocycles. The molecule has 0 radical (unpaired) electrons. The van der Waals surface area contributed by atoms with Gasteiger partial charge in [-0.3, -0.25) is 4.79 Å². The largest absolute Gasteiger partial charge is 0.355 e. The zero-order valence-corrected chi connectivity index (χ0v) is 12.3. The van der Waals surface area contributed by atoms with Gasteiger partial charge in [0, 0.05) is 25.5 Å². The minimum Gasteiger partial charge on any atom is -0.355 e. The van der Waals surface area contributed by atoms with Gasteiger partial charge in [-0.1, -0.05) is 13.3 Å². The molecule has 5 nitrogen and oxygen atoms in total. The van der Waals surface area contributed by atoms with Crippen LogP contribution in [-0.2, 0) is 11.3 Å². The standard InChI is InChI=1S/C14H26N4O/c1-4-7-14(3,15)13(19)17-8-5-6-10-18-11-9-16-12(18)2/h9,11H,4-8,10,15H2,1-3H3,(H,17,19). The van der Waals surface area contributed by atoms with E-state index in [0.29, 0.717) is 13.0 Å². The molecule has 0 saturated heterocycles. The Labute approximate surface area is 115 Å². The Bertz CT molecular complexity index is 398. The summed E-state index contributed by atoms with van der Waals surface area (Å²) in [5.74, 6) is 0.981. The summed E-state index contributed by atoms with van der Waals surface area (Å²) in [5.41, 5.74) is 5.22. The molecule has 1 aromatic rings. The molecule has 1 aromatic heterocycles. The van der Waals surface area contributed by atoms with Crippen LogP contribution in [0.2, 0.25) is 0 Å². The number of carbonyl (C=O) groups excluding carboxylic acids is 1. The van der Waals surface area contributed by atoms with Crippen LogP contribution in [-0.4, -0.2) is 27.5 Å². The molecule has 0 saturated carbocycles. The number of hydrogen-bond donors (Lipinski definition) is 2. The van der Waals surface area contributed by atoms with Crippen LogP contribution in [0, 0.1) is 6.92 Å². The van der Waals surface area contributed by atoms with Crippen molar-refractivity contribution in [1.82, 2.24) is 14.9 Å². The molecule has 0 aliphatic heterocycles. The molecule has 0 aromatic carbocycles. The number of imidazole rings is 1. The number of hydrogen-bond acceptors (Lipinski definition) is 3. The second-order valence-electron chi connectivity index (χ2n) is 5.30. The highest BCUT2D eigenvalue weighted by molar-refractivity contribution is 5.85. The topological polar surface area (TPSA) is 72.9 Å². The van der Waals surface area contributed by atoms with Crippen molar-refractivity contribution in [2.75, 3.05) is 6.54 Å². The van der Waals surface area contributed by atoms with Crippen molar-refractivity contribution in [2.45, 2.75) is 58.5 Å². The van der Waals surface area contributed by atoms with Gasteiger partial charge < -0.3 is 15.6 Å². The van der Waals surface area contributed by atoms with E-state index in [0.717, 1.165) is 31.6 Å². The second kappa shape index (κ2) is 7.28. The summed E-state index contributed by atoms with van der Waals surface area (Å²) in [6.07, 6.45) is 7.39. The number of aryl methyl sites for hydroxylation is 2. The van der Waals surface area contributed by atoms with Crippen molar-refractivity contribution in [3.05, 3.63) is 18.2 Å². The molecule has 19 heavy (non-hydrogen) atoms. The predicted octanol–water partition coefficient (Wildman–Crippen LogP) is 1.61. The van der Waals surface area contributed by atoms with E-state index in [4.69, 9.17) is 5.73 Å². The first-order chi connectivity index (χ1) is 8.97. The second-order valence-corrected chi connectivity index (χ2v) is 5.30. The maximum atomic E-state index is 11.8. The van der Waals surface area contributed by atoms with Gasteiger partial charge in [0.1, 0.15) is 5.82 Å². The molecule has 0 spiro atoms. The number of amides is 1. The van der Waals surface area contributed by atoms with Gasteiger partial charge in [0.05, 0.1) is 5.54 Å². The van der Waals surface area contributed by atoms with Crippen LogP contribution in [0.5, 0.6) is 0 Å². The highest BCUT2D eigenvalue weighted by Crippen LogP contribution is 2.08. The molecule has 1 unspecified atom stereocenters. The van der Waals surface area contributed by atoms with Gasteiger partial charge in [0.25, 0.3) is 0 Å². The first kappa shape index (κ1) is 15.7. The van der Waals surface area contributed by atoms with Gasteiger partial charge in [-0.05, 0) is 33.1 Å². The maximum absolute atomic E-state index is 11.8. The smallest absolute Gasteiger partial charge is 0.239 e. The highest BCUT2D eigenvalue weighted by atomic mass is 16.2. The lowest BCUT2D eigenvalue weighted by molar-refractivity contribution is -0.126. The lowest BCUT2D eigenvalue weighted by atomic mass is 9.96. The van der Waals surface area contributed by atoms with E-state index >= 15 is 0 Å². The van der Waals surface area contributed by atoms with E-state index in [9.17, 15) is 4.79 Å². The fraction of sp³-hybridized carbons (Fsp3) is 0.714. The summed E-state index contributed by atoms with van der Waals surface area (Å²) in [6, 6.07) is 0. The molecule has 0 fully saturated rings. The van der Waals surface area contributed by atoms with Gasteiger partial charge in [-0.2, -0.15) is 0 Å². The predicted molar refractivity (Wildman–Crippen MR) is 76.7 cm³/mol. The Hall–Kier alpha value is -1.36. The molecule has 5 heteroatoms. The molecule has 0 aliphatic rings. The molecule has 3 N–H and O–H groups in total. The molecule has 1 amide bonds. The van der Waals surface area contributed by atoms with Crippen molar-refractivity contribution in [1.29, 1.82) is 0 Å². The molecular weight excluding hydrogens is 240 g/mol. The fourth-order valence-corrected chi connectivity index (χ4v) is 2.08. The van der Waals surface area contributed by atoms with Crippen molar-refractivity contribution in [3.8, 4) is 0 Å². The average molecular weight is 266 g/mol. The fourth-order valence-electron chi connectivity index (χ4n) is 2.08. The van der Waals surface area contributed by atoms with Crippen molar-refractivity contribution < 1.29 is 4.79 Å². The zero-order valence-electron chi connectivity index (χ0n) is 12.3. The summed E-state index contributed by atoms with van der Waals surface area (Å²) in [7, 11) is 0. The normalized spacial score (nSPS) is 14.1. The minimum absolute atomic E-state index is 0.0480. The number of nitrogens with zero attached hydrogens (tertiary/aromatic N) is 2.